The first kappa shape index (κ1) is 21.2. The summed E-state index contributed by atoms with van der Waals surface area (Å²) in [6.07, 6.45) is 0.756. The molecule has 0 unspecified atom stereocenters. The Labute approximate surface area is 166 Å². The Morgan fingerprint density at radius 1 is 1.04 bits per heavy atom. The van der Waals surface area contributed by atoms with Gasteiger partial charge in [-0.3, -0.25) is 4.99 Å². The van der Waals surface area contributed by atoms with Crippen LogP contribution in [0.5, 0.6) is 0 Å². The van der Waals surface area contributed by atoms with Gasteiger partial charge in [-0.1, -0.05) is 48.0 Å². The van der Waals surface area contributed by atoms with E-state index in [0.717, 1.165) is 17.0 Å². The van der Waals surface area contributed by atoms with Crippen molar-refractivity contribution < 1.29 is 8.42 Å². The van der Waals surface area contributed by atoms with Crippen LogP contribution in [0.25, 0.3) is 0 Å². The number of sulfonamides is 1. The van der Waals surface area contributed by atoms with E-state index in [1.807, 2.05) is 30.3 Å². The zero-order chi connectivity index (χ0) is 19.9. The number of hydrogen-bond donors (Lipinski definition) is 2. The van der Waals surface area contributed by atoms with Crippen LogP contribution in [0.1, 0.15) is 11.1 Å². The van der Waals surface area contributed by atoms with Crippen molar-refractivity contribution in [2.45, 2.75) is 17.9 Å². The summed E-state index contributed by atoms with van der Waals surface area (Å²) < 4.78 is 26.1. The van der Waals surface area contributed by atoms with E-state index in [-0.39, 0.29) is 4.90 Å². The second-order valence-electron chi connectivity index (χ2n) is 6.09. The van der Waals surface area contributed by atoms with Gasteiger partial charge in [0.05, 0.1) is 4.90 Å². The number of guanidine groups is 1. The zero-order valence-electron chi connectivity index (χ0n) is 15.7. The molecule has 8 heteroatoms. The highest BCUT2D eigenvalue weighted by atomic mass is 35.5. The van der Waals surface area contributed by atoms with E-state index >= 15 is 0 Å². The van der Waals surface area contributed by atoms with Gasteiger partial charge in [0.1, 0.15) is 0 Å². The first-order valence-corrected chi connectivity index (χ1v) is 10.4. The summed E-state index contributed by atoms with van der Waals surface area (Å²) in [5, 5.41) is 7.12. The fourth-order valence-corrected chi connectivity index (χ4v) is 3.86. The monoisotopic (exact) mass is 408 g/mol. The summed E-state index contributed by atoms with van der Waals surface area (Å²) in [7, 11) is 1.22. The van der Waals surface area contributed by atoms with Gasteiger partial charge in [0.2, 0.25) is 10.0 Å². The summed E-state index contributed by atoms with van der Waals surface area (Å²) in [5.41, 5.74) is 1.74. The maximum atomic E-state index is 12.5. The average molecular weight is 409 g/mol. The Hall–Kier alpha value is -2.09. The molecule has 0 amide bonds. The van der Waals surface area contributed by atoms with Crippen LogP contribution in [0.2, 0.25) is 5.02 Å². The van der Waals surface area contributed by atoms with Crippen LogP contribution in [-0.2, 0) is 23.0 Å². The van der Waals surface area contributed by atoms with Crippen LogP contribution < -0.4 is 10.6 Å². The zero-order valence-corrected chi connectivity index (χ0v) is 17.3. The molecule has 0 bridgehead atoms. The number of nitrogens with one attached hydrogen (secondary N) is 2. The molecule has 2 N–H and O–H groups in total. The highest BCUT2D eigenvalue weighted by Gasteiger charge is 2.20. The van der Waals surface area contributed by atoms with Gasteiger partial charge in [0.25, 0.3) is 0 Å². The second-order valence-corrected chi connectivity index (χ2v) is 8.62. The fraction of sp³-hybridized carbons (Fsp3) is 0.316. The summed E-state index contributed by atoms with van der Waals surface area (Å²) >= 11 is 6.17. The molecule has 0 aromatic heterocycles. The van der Waals surface area contributed by atoms with Crippen LogP contribution >= 0.6 is 11.6 Å². The highest BCUT2D eigenvalue weighted by Crippen LogP contribution is 2.18. The third-order valence-corrected chi connectivity index (χ3v) is 6.33. The smallest absolute Gasteiger partial charge is 0.242 e. The lowest BCUT2D eigenvalue weighted by Crippen LogP contribution is -2.38. The van der Waals surface area contributed by atoms with E-state index in [4.69, 9.17) is 11.6 Å². The number of rotatable bonds is 7. The Bertz CT molecular complexity index is 898. The van der Waals surface area contributed by atoms with Crippen LogP contribution in [0.3, 0.4) is 0 Å². The minimum Gasteiger partial charge on any atom is -0.356 e. The Balaban J connectivity index is 1.98. The molecule has 2 rings (SSSR count). The summed E-state index contributed by atoms with van der Waals surface area (Å²) in [5.74, 6) is 0.596. The first-order valence-electron chi connectivity index (χ1n) is 8.54. The molecule has 0 atom stereocenters. The predicted octanol–water partition coefficient (Wildman–Crippen LogP) is 2.50. The largest absolute Gasteiger partial charge is 0.356 e. The maximum Gasteiger partial charge on any atom is 0.242 e. The molecule has 0 fully saturated rings. The number of halogens is 1. The third-order valence-electron chi connectivity index (χ3n) is 4.05. The van der Waals surface area contributed by atoms with Crippen molar-refractivity contribution in [3.8, 4) is 0 Å². The molecule has 0 radical (unpaired) electrons. The van der Waals surface area contributed by atoms with Crippen molar-refractivity contribution in [3.05, 3.63) is 64.7 Å². The van der Waals surface area contributed by atoms with Crippen LogP contribution in [0.4, 0.5) is 0 Å². The molecule has 0 aliphatic rings. The minimum absolute atomic E-state index is 0.286. The van der Waals surface area contributed by atoms with E-state index in [2.05, 4.69) is 15.6 Å². The number of nitrogens with zero attached hydrogens (tertiary/aromatic N) is 2. The fourth-order valence-electron chi connectivity index (χ4n) is 2.51. The molecular weight excluding hydrogens is 384 g/mol. The lowest BCUT2D eigenvalue weighted by Gasteiger charge is -2.17. The van der Waals surface area contributed by atoms with Crippen molar-refractivity contribution in [1.82, 2.24) is 14.9 Å². The van der Waals surface area contributed by atoms with E-state index in [0.29, 0.717) is 24.6 Å². The normalized spacial score (nSPS) is 12.3. The molecule has 0 aliphatic heterocycles. The molecule has 0 aliphatic carbocycles. The van der Waals surface area contributed by atoms with E-state index in [9.17, 15) is 8.42 Å². The summed E-state index contributed by atoms with van der Waals surface area (Å²) in [4.78, 5) is 4.47. The van der Waals surface area contributed by atoms with Gasteiger partial charge in [-0.2, -0.15) is 0 Å². The van der Waals surface area contributed by atoms with Gasteiger partial charge in [0, 0.05) is 39.3 Å². The van der Waals surface area contributed by atoms with Gasteiger partial charge in [-0.25, -0.2) is 12.7 Å². The molecule has 2 aromatic rings. The molecule has 6 nitrogen and oxygen atoms in total. The number of benzene rings is 2. The quantitative estimate of drug-likeness (QED) is 0.545. The third kappa shape index (κ3) is 5.69. The van der Waals surface area contributed by atoms with Crippen molar-refractivity contribution in [3.63, 3.8) is 0 Å². The molecule has 0 spiro atoms. The van der Waals surface area contributed by atoms with Gasteiger partial charge in [-0.05, 0) is 29.7 Å². The van der Waals surface area contributed by atoms with Crippen LogP contribution in [0, 0.1) is 0 Å². The molecular formula is C19H25ClN4O2S. The lowest BCUT2D eigenvalue weighted by molar-refractivity contribution is 0.519. The minimum atomic E-state index is -3.50. The Morgan fingerprint density at radius 2 is 1.67 bits per heavy atom. The SMILES string of the molecule is CN=C(NCCc1ccccc1Cl)NCc1ccccc1S(=O)(=O)N(C)C. The van der Waals surface area contributed by atoms with Crippen molar-refractivity contribution in [2.24, 2.45) is 4.99 Å². The molecule has 27 heavy (non-hydrogen) atoms. The average Bonchev–Trinajstić information content (AvgIpc) is 2.66. The number of aliphatic imine (C=N–C) groups is 1. The van der Waals surface area contributed by atoms with Gasteiger partial charge in [-0.15, -0.1) is 0 Å². The first-order chi connectivity index (χ1) is 12.9. The van der Waals surface area contributed by atoms with Gasteiger partial charge < -0.3 is 10.6 Å². The second kappa shape index (κ2) is 9.73. The van der Waals surface area contributed by atoms with E-state index in [1.165, 1.54) is 18.4 Å². The van der Waals surface area contributed by atoms with Gasteiger partial charge >= 0.3 is 0 Å². The summed E-state index contributed by atoms with van der Waals surface area (Å²) in [6, 6.07) is 14.7. The Morgan fingerprint density at radius 3 is 2.30 bits per heavy atom. The van der Waals surface area contributed by atoms with E-state index in [1.54, 1.807) is 25.2 Å². The molecule has 146 valence electrons. The lowest BCUT2D eigenvalue weighted by atomic mass is 10.1. The highest BCUT2D eigenvalue weighted by molar-refractivity contribution is 7.89. The van der Waals surface area contributed by atoms with Crippen molar-refractivity contribution in [2.75, 3.05) is 27.7 Å². The molecule has 0 heterocycles. The molecule has 0 saturated carbocycles. The maximum absolute atomic E-state index is 12.5. The summed E-state index contributed by atoms with van der Waals surface area (Å²) in [6.45, 7) is 0.996. The molecule has 0 saturated heterocycles. The predicted molar refractivity (Wildman–Crippen MR) is 111 cm³/mol. The van der Waals surface area contributed by atoms with E-state index < -0.39 is 10.0 Å². The Kier molecular flexibility index (Phi) is 7.65. The van der Waals surface area contributed by atoms with Crippen LogP contribution in [0.15, 0.2) is 58.4 Å². The van der Waals surface area contributed by atoms with Crippen LogP contribution in [-0.4, -0.2) is 46.4 Å². The van der Waals surface area contributed by atoms with Crippen molar-refractivity contribution >= 4 is 27.6 Å². The standard InChI is InChI=1S/C19H25ClN4O2S/c1-21-19(22-13-12-15-8-4-6-10-17(15)20)23-14-16-9-5-7-11-18(16)27(25,26)24(2)3/h4-11H,12-14H2,1-3H3,(H2,21,22,23). The van der Waals surface area contributed by atoms with Gasteiger partial charge in [0.15, 0.2) is 5.96 Å². The number of hydrogen-bond acceptors (Lipinski definition) is 3. The molecule has 2 aromatic carbocycles. The van der Waals surface area contributed by atoms with Crippen molar-refractivity contribution in [1.29, 1.82) is 0 Å². The topological polar surface area (TPSA) is 73.8 Å².